The van der Waals surface area contributed by atoms with Gasteiger partial charge in [-0.15, -0.1) is 0 Å². The molecule has 1 aliphatic rings. The third-order valence-electron chi connectivity index (χ3n) is 7.11. The molecule has 9 heteroatoms. The van der Waals surface area contributed by atoms with E-state index in [2.05, 4.69) is 20.7 Å². The van der Waals surface area contributed by atoms with Crippen LogP contribution in [0.4, 0.5) is 11.4 Å². The maximum absolute atomic E-state index is 13.3. The zero-order valence-corrected chi connectivity index (χ0v) is 24.4. The van der Waals surface area contributed by atoms with Crippen molar-refractivity contribution in [3.05, 3.63) is 94.0 Å². The van der Waals surface area contributed by atoms with E-state index in [1.165, 1.54) is 23.7 Å². The standard InChI is InChI=1S/C32H38N4O4S/c1-22-9-10-24(15-23(22)2)18-33-35-32(40)29-17-27(36-13-4-3-5-14-36)11-12-30(29)34-31(39)26-8-6-7-25(16-26)20-41-21-28(38)19-37/h6-12,15-18,28,37-38H,3-5,13-14,19-21H2,1-2H3,(H,34,39)(H,35,40)/b33-18+. The van der Waals surface area contributed by atoms with Crippen molar-refractivity contribution in [1.29, 1.82) is 0 Å². The van der Waals surface area contributed by atoms with Crippen LogP contribution in [0.2, 0.25) is 0 Å². The summed E-state index contributed by atoms with van der Waals surface area (Å²) in [6.45, 7) is 5.65. The predicted molar refractivity (Wildman–Crippen MR) is 167 cm³/mol. The first kappa shape index (κ1) is 30.3. The molecule has 0 aliphatic carbocycles. The van der Waals surface area contributed by atoms with E-state index < -0.39 is 12.0 Å². The van der Waals surface area contributed by atoms with Crippen LogP contribution in [-0.2, 0) is 5.75 Å². The molecule has 1 unspecified atom stereocenters. The fourth-order valence-corrected chi connectivity index (χ4v) is 5.52. The molecule has 1 saturated heterocycles. The van der Waals surface area contributed by atoms with Crippen molar-refractivity contribution in [3.63, 3.8) is 0 Å². The number of hydrogen-bond donors (Lipinski definition) is 4. The van der Waals surface area contributed by atoms with Crippen molar-refractivity contribution in [2.75, 3.05) is 35.7 Å². The molecule has 0 radical (unpaired) electrons. The van der Waals surface area contributed by atoms with E-state index in [1.54, 1.807) is 24.4 Å². The minimum atomic E-state index is -0.769. The van der Waals surface area contributed by atoms with Gasteiger partial charge in [0.25, 0.3) is 11.8 Å². The summed E-state index contributed by atoms with van der Waals surface area (Å²) in [6, 6.07) is 18.7. The number of carbonyl (C=O) groups is 2. The SMILES string of the molecule is Cc1ccc(/C=N/NC(=O)c2cc(N3CCCCC3)ccc2NC(=O)c2cccc(CSCC(O)CO)c2)cc1C. The Morgan fingerprint density at radius 3 is 2.56 bits per heavy atom. The number of nitrogens with one attached hydrogen (secondary N) is 2. The molecule has 216 valence electrons. The van der Waals surface area contributed by atoms with Gasteiger partial charge in [0, 0.05) is 35.8 Å². The van der Waals surface area contributed by atoms with Gasteiger partial charge in [0.15, 0.2) is 0 Å². The van der Waals surface area contributed by atoms with Crippen LogP contribution in [0.15, 0.2) is 65.8 Å². The molecule has 0 saturated carbocycles. The number of rotatable bonds is 11. The fraction of sp³-hybridized carbons (Fsp3) is 0.344. The van der Waals surface area contributed by atoms with Gasteiger partial charge in [-0.2, -0.15) is 16.9 Å². The Kier molecular flexibility index (Phi) is 11.0. The molecule has 0 spiro atoms. The van der Waals surface area contributed by atoms with E-state index in [1.807, 2.05) is 56.3 Å². The average Bonchev–Trinajstić information content (AvgIpc) is 2.99. The van der Waals surface area contributed by atoms with Gasteiger partial charge in [0.2, 0.25) is 0 Å². The van der Waals surface area contributed by atoms with Crippen molar-refractivity contribution in [2.45, 2.75) is 45.0 Å². The third-order valence-corrected chi connectivity index (χ3v) is 8.26. The summed E-state index contributed by atoms with van der Waals surface area (Å²) in [5, 5.41) is 25.7. The second-order valence-electron chi connectivity index (χ2n) is 10.3. The summed E-state index contributed by atoms with van der Waals surface area (Å²) in [5.74, 6) is 0.257. The van der Waals surface area contributed by atoms with Gasteiger partial charge in [-0.1, -0.05) is 30.3 Å². The highest BCUT2D eigenvalue weighted by Gasteiger charge is 2.19. The third kappa shape index (κ3) is 8.66. The van der Waals surface area contributed by atoms with Crippen molar-refractivity contribution in [2.24, 2.45) is 5.10 Å². The van der Waals surface area contributed by atoms with Crippen molar-refractivity contribution in [3.8, 4) is 0 Å². The number of anilines is 2. The van der Waals surface area contributed by atoms with Crippen LogP contribution in [0.25, 0.3) is 0 Å². The number of carbonyl (C=O) groups excluding carboxylic acids is 2. The Hall–Kier alpha value is -3.66. The van der Waals surface area contributed by atoms with Crippen LogP contribution < -0.4 is 15.6 Å². The number of piperidine rings is 1. The number of hydrogen-bond acceptors (Lipinski definition) is 7. The number of benzene rings is 3. The Morgan fingerprint density at radius 2 is 1.80 bits per heavy atom. The summed E-state index contributed by atoms with van der Waals surface area (Å²) in [7, 11) is 0. The van der Waals surface area contributed by atoms with Gasteiger partial charge in [-0.3, -0.25) is 9.59 Å². The second kappa shape index (κ2) is 14.8. The van der Waals surface area contributed by atoms with E-state index >= 15 is 0 Å². The van der Waals surface area contributed by atoms with Gasteiger partial charge in [0.05, 0.1) is 30.2 Å². The maximum atomic E-state index is 13.3. The molecule has 3 aromatic carbocycles. The summed E-state index contributed by atoms with van der Waals surface area (Å²) in [4.78, 5) is 28.9. The predicted octanol–water partition coefficient (Wildman–Crippen LogP) is 4.90. The molecule has 0 bridgehead atoms. The fourth-order valence-electron chi connectivity index (χ4n) is 4.61. The first-order valence-electron chi connectivity index (χ1n) is 13.9. The maximum Gasteiger partial charge on any atom is 0.273 e. The summed E-state index contributed by atoms with van der Waals surface area (Å²) in [5.41, 5.74) is 8.91. The van der Waals surface area contributed by atoms with Crippen LogP contribution in [0.5, 0.6) is 0 Å². The minimum absolute atomic E-state index is 0.279. The van der Waals surface area contributed by atoms with Crippen molar-refractivity contribution < 1.29 is 19.8 Å². The highest BCUT2D eigenvalue weighted by molar-refractivity contribution is 7.98. The summed E-state index contributed by atoms with van der Waals surface area (Å²) >= 11 is 1.48. The quantitative estimate of drug-likeness (QED) is 0.191. The zero-order chi connectivity index (χ0) is 29.2. The number of nitrogens with zero attached hydrogens (tertiary/aromatic N) is 2. The molecular weight excluding hydrogens is 536 g/mol. The number of hydrazone groups is 1. The number of amides is 2. The van der Waals surface area contributed by atoms with Crippen molar-refractivity contribution >= 4 is 41.2 Å². The Balaban J connectivity index is 1.52. The molecular formula is C32H38N4O4S. The van der Waals surface area contributed by atoms with Crippen LogP contribution in [0.1, 0.15) is 62.2 Å². The topological polar surface area (TPSA) is 114 Å². The molecule has 1 heterocycles. The molecule has 1 atom stereocenters. The van der Waals surface area contributed by atoms with Gasteiger partial charge in [-0.05, 0) is 85.7 Å². The number of aliphatic hydroxyl groups is 2. The lowest BCUT2D eigenvalue weighted by Gasteiger charge is -2.29. The Labute approximate surface area is 245 Å². The Bertz CT molecular complexity index is 1390. The van der Waals surface area contributed by atoms with Gasteiger partial charge < -0.3 is 20.4 Å². The lowest BCUT2D eigenvalue weighted by molar-refractivity contribution is 0.0956. The van der Waals surface area contributed by atoms with Gasteiger partial charge in [-0.25, -0.2) is 5.43 Å². The van der Waals surface area contributed by atoms with E-state index in [-0.39, 0.29) is 12.5 Å². The normalized spacial score (nSPS) is 14.2. The number of aryl methyl sites for hydroxylation is 2. The highest BCUT2D eigenvalue weighted by Crippen LogP contribution is 2.27. The minimum Gasteiger partial charge on any atom is -0.394 e. The first-order chi connectivity index (χ1) is 19.8. The molecule has 1 fully saturated rings. The van der Waals surface area contributed by atoms with Gasteiger partial charge >= 0.3 is 0 Å². The smallest absolute Gasteiger partial charge is 0.273 e. The van der Waals surface area contributed by atoms with E-state index in [9.17, 15) is 14.7 Å². The molecule has 4 rings (SSSR count). The Morgan fingerprint density at radius 1 is 1.00 bits per heavy atom. The van der Waals surface area contributed by atoms with E-state index in [0.717, 1.165) is 48.3 Å². The molecule has 8 nitrogen and oxygen atoms in total. The average molecular weight is 575 g/mol. The van der Waals surface area contributed by atoms with Crippen LogP contribution in [-0.4, -0.2) is 59.8 Å². The van der Waals surface area contributed by atoms with Crippen LogP contribution in [0.3, 0.4) is 0 Å². The highest BCUT2D eigenvalue weighted by atomic mass is 32.2. The van der Waals surface area contributed by atoms with E-state index in [0.29, 0.717) is 28.3 Å². The number of aliphatic hydroxyl groups excluding tert-OH is 2. The van der Waals surface area contributed by atoms with Gasteiger partial charge in [0.1, 0.15) is 0 Å². The molecule has 4 N–H and O–H groups in total. The first-order valence-corrected chi connectivity index (χ1v) is 15.1. The zero-order valence-electron chi connectivity index (χ0n) is 23.6. The van der Waals surface area contributed by atoms with Crippen LogP contribution in [0, 0.1) is 13.8 Å². The summed E-state index contributed by atoms with van der Waals surface area (Å²) in [6.07, 6.45) is 4.25. The van der Waals surface area contributed by atoms with Crippen molar-refractivity contribution in [1.82, 2.24) is 5.43 Å². The molecule has 0 aromatic heterocycles. The molecule has 41 heavy (non-hydrogen) atoms. The second-order valence-corrected chi connectivity index (χ2v) is 11.4. The van der Waals surface area contributed by atoms with Crippen LogP contribution >= 0.6 is 11.8 Å². The largest absolute Gasteiger partial charge is 0.394 e. The molecule has 1 aliphatic heterocycles. The lowest BCUT2D eigenvalue weighted by Crippen LogP contribution is -2.30. The monoisotopic (exact) mass is 574 g/mol. The summed E-state index contributed by atoms with van der Waals surface area (Å²) < 4.78 is 0. The van der Waals surface area contributed by atoms with E-state index in [4.69, 9.17) is 5.11 Å². The molecule has 2 amide bonds. The lowest BCUT2D eigenvalue weighted by atomic mass is 10.1. The number of thioether (sulfide) groups is 1. The molecule has 3 aromatic rings.